The highest BCUT2D eigenvalue weighted by atomic mass is 16.5. The lowest BCUT2D eigenvalue weighted by atomic mass is 10.0. The molecule has 47 heavy (non-hydrogen) atoms. The molecule has 0 saturated carbocycles. The number of amidine groups is 3. The molecule has 1 aromatic carbocycles. The number of hydrazine groups is 3. The van der Waals surface area contributed by atoms with E-state index >= 15 is 0 Å². The van der Waals surface area contributed by atoms with Crippen molar-refractivity contribution in [2.24, 2.45) is 50.4 Å². The molecule has 0 amide bonds. The maximum Gasteiger partial charge on any atom is 0.188 e. The van der Waals surface area contributed by atoms with E-state index in [9.17, 15) is 0 Å². The number of nitrogens with one attached hydrogen (secondary N) is 5. The van der Waals surface area contributed by atoms with Crippen LogP contribution in [0.5, 0.6) is 5.75 Å². The predicted octanol–water partition coefficient (Wildman–Crippen LogP) is -5.46. The topological polar surface area (TPSA) is 357 Å². The van der Waals surface area contributed by atoms with Crippen LogP contribution in [0, 0.1) is 0 Å². The zero-order chi connectivity index (χ0) is 33.9. The van der Waals surface area contributed by atoms with Crippen molar-refractivity contribution in [2.45, 2.75) is 32.5 Å². The zero-order valence-electron chi connectivity index (χ0n) is 26.2. The van der Waals surface area contributed by atoms with Gasteiger partial charge in [0, 0.05) is 25.7 Å². The van der Waals surface area contributed by atoms with Crippen LogP contribution in [-0.2, 0) is 19.5 Å². The van der Waals surface area contributed by atoms with Gasteiger partial charge in [-0.05, 0) is 31.0 Å². The minimum atomic E-state index is -0.203. The summed E-state index contributed by atoms with van der Waals surface area (Å²) in [6.45, 7) is 5.36. The fourth-order valence-electron chi connectivity index (χ4n) is 4.68. The number of aromatic nitrogens is 8. The number of hydrogen-bond acceptors (Lipinski definition) is 19. The lowest BCUT2D eigenvalue weighted by molar-refractivity contribution is 0.140. The zero-order valence-corrected chi connectivity index (χ0v) is 26.2. The predicted molar refractivity (Wildman–Crippen MR) is 172 cm³/mol. The average molecular weight is 660 g/mol. The van der Waals surface area contributed by atoms with Crippen molar-refractivity contribution in [2.75, 3.05) is 45.9 Å². The summed E-state index contributed by atoms with van der Waals surface area (Å²) in [5, 5.41) is 40.1. The Balaban J connectivity index is 1.95. The van der Waals surface area contributed by atoms with Gasteiger partial charge in [0.1, 0.15) is 23.3 Å². The molecule has 0 saturated heterocycles. The summed E-state index contributed by atoms with van der Waals surface area (Å²) in [7, 11) is 0. The molecule has 0 fully saturated rings. The van der Waals surface area contributed by atoms with Crippen molar-refractivity contribution < 1.29 is 4.74 Å². The Morgan fingerprint density at radius 2 is 1.32 bits per heavy atom. The van der Waals surface area contributed by atoms with Gasteiger partial charge in [0.25, 0.3) is 0 Å². The first-order chi connectivity index (χ1) is 22.9. The minimum absolute atomic E-state index is 0.203. The third kappa shape index (κ3) is 12.2. The van der Waals surface area contributed by atoms with E-state index in [1.165, 1.54) is 0 Å². The fraction of sp³-hybridized carbons (Fsp3) is 0.522. The van der Waals surface area contributed by atoms with Gasteiger partial charge < -0.3 is 38.5 Å². The molecule has 2 aromatic heterocycles. The van der Waals surface area contributed by atoms with Gasteiger partial charge in [-0.15, -0.1) is 20.4 Å². The molecule has 17 N–H and O–H groups in total. The Labute approximate surface area is 270 Å². The van der Waals surface area contributed by atoms with Crippen molar-refractivity contribution >= 4 is 17.5 Å². The van der Waals surface area contributed by atoms with Gasteiger partial charge in [0.2, 0.25) is 0 Å². The molecule has 3 aromatic rings. The standard InChI is InChI=1S/C23H45N23O/c1-2-47-18-5-3-16(4-6-18)9-17(46(14-21(34-28)35-29)15-23-38-42-43-39-23)10-44(11-19(30-24)31-25)7-8-45(12-20(32-26)33-27)13-22-36-40-41-37-22/h3-6,17H,2,7-15,24-29H2,1H3,(H,30,31)(H,32,33)(H,34,35)(H,36,37,40,41)(H,38,39,42,43). The Hall–Kier alpha value is -5.27. The lowest BCUT2D eigenvalue weighted by Gasteiger charge is -2.36. The quantitative estimate of drug-likeness (QED) is 0.0233. The number of benzene rings is 1. The summed E-state index contributed by atoms with van der Waals surface area (Å²) in [4.78, 5) is 6.21. The highest BCUT2D eigenvalue weighted by Gasteiger charge is 2.26. The van der Waals surface area contributed by atoms with E-state index in [1.54, 1.807) is 0 Å². The van der Waals surface area contributed by atoms with Gasteiger partial charge in [0.15, 0.2) is 11.6 Å². The maximum absolute atomic E-state index is 5.75. The molecule has 258 valence electrons. The number of tetrazole rings is 2. The molecule has 0 aliphatic carbocycles. The van der Waals surface area contributed by atoms with Crippen LogP contribution in [-0.4, -0.2) is 125 Å². The number of ether oxygens (including phenoxy) is 1. The van der Waals surface area contributed by atoms with Gasteiger partial charge in [-0.1, -0.05) is 22.6 Å². The summed E-state index contributed by atoms with van der Waals surface area (Å²) in [5.74, 6) is 36.7. The molecule has 0 aliphatic rings. The van der Waals surface area contributed by atoms with Crippen LogP contribution in [0.25, 0.3) is 0 Å². The van der Waals surface area contributed by atoms with Gasteiger partial charge in [-0.3, -0.25) is 14.7 Å². The third-order valence-electron chi connectivity index (χ3n) is 6.98. The molecule has 3 rings (SSSR count). The molecular weight excluding hydrogens is 614 g/mol. The van der Waals surface area contributed by atoms with E-state index < -0.39 is 0 Å². The molecule has 0 bridgehead atoms. The summed E-state index contributed by atoms with van der Waals surface area (Å²) < 4.78 is 5.64. The van der Waals surface area contributed by atoms with Crippen LogP contribution in [0.2, 0.25) is 0 Å². The van der Waals surface area contributed by atoms with E-state index in [-0.39, 0.29) is 25.7 Å². The van der Waals surface area contributed by atoms with Crippen LogP contribution in [0.4, 0.5) is 0 Å². The smallest absolute Gasteiger partial charge is 0.188 e. The second-order valence-electron chi connectivity index (χ2n) is 10.1. The number of hydrogen-bond donors (Lipinski definition) is 11. The summed E-state index contributed by atoms with van der Waals surface area (Å²) in [6, 6.07) is 7.69. The minimum Gasteiger partial charge on any atom is -0.494 e. The molecule has 1 unspecified atom stereocenters. The van der Waals surface area contributed by atoms with Crippen molar-refractivity contribution in [1.29, 1.82) is 0 Å². The SMILES string of the molecule is CCOc1ccc(CC(CN(CCN(C/C(=N/N)NN)Cc2nn[nH]n2)C/C(=N/N)NN)N(C/C(=N/N)NN)Cc2nn[nH]n2)cc1. The molecule has 24 nitrogen and oxygen atoms in total. The number of rotatable bonds is 20. The van der Waals surface area contributed by atoms with Crippen LogP contribution in [0.1, 0.15) is 24.1 Å². The van der Waals surface area contributed by atoms with E-state index in [4.69, 9.17) is 39.8 Å². The van der Waals surface area contributed by atoms with Crippen molar-refractivity contribution in [3.8, 4) is 5.75 Å². The monoisotopic (exact) mass is 659 g/mol. The van der Waals surface area contributed by atoms with E-state index in [0.29, 0.717) is 74.9 Å². The van der Waals surface area contributed by atoms with E-state index in [0.717, 1.165) is 11.3 Å². The number of H-pyrrole nitrogens is 2. The van der Waals surface area contributed by atoms with Gasteiger partial charge in [-0.25, -0.2) is 17.5 Å². The Kier molecular flexibility index (Phi) is 15.4. The van der Waals surface area contributed by atoms with Crippen molar-refractivity contribution in [3.63, 3.8) is 0 Å². The van der Waals surface area contributed by atoms with E-state index in [1.807, 2.05) is 36.1 Å². The van der Waals surface area contributed by atoms with E-state index in [2.05, 4.69) is 82.6 Å². The van der Waals surface area contributed by atoms with Crippen molar-refractivity contribution in [1.82, 2.24) is 72.2 Å². The highest BCUT2D eigenvalue weighted by Crippen LogP contribution is 2.17. The van der Waals surface area contributed by atoms with Crippen molar-refractivity contribution in [3.05, 3.63) is 41.5 Å². The number of aromatic amines is 2. The summed E-state index contributed by atoms with van der Waals surface area (Å²) in [5.41, 5.74) is 8.68. The summed E-state index contributed by atoms with van der Waals surface area (Å²) >= 11 is 0. The molecular formula is C23H45N23O. The van der Waals surface area contributed by atoms with Gasteiger partial charge >= 0.3 is 0 Å². The van der Waals surface area contributed by atoms with Crippen LogP contribution >= 0.6 is 0 Å². The first-order valence-electron chi connectivity index (χ1n) is 14.5. The highest BCUT2D eigenvalue weighted by molar-refractivity contribution is 5.84. The largest absolute Gasteiger partial charge is 0.494 e. The first-order valence-corrected chi connectivity index (χ1v) is 14.5. The van der Waals surface area contributed by atoms with Crippen LogP contribution in [0.3, 0.4) is 0 Å². The summed E-state index contributed by atoms with van der Waals surface area (Å²) in [6.07, 6.45) is 0.585. The number of hydrazone groups is 3. The van der Waals surface area contributed by atoms with Gasteiger partial charge in [-0.2, -0.15) is 25.7 Å². The lowest BCUT2D eigenvalue weighted by Crippen LogP contribution is -2.53. The van der Waals surface area contributed by atoms with Crippen LogP contribution < -0.4 is 56.1 Å². The molecule has 24 heteroatoms. The Morgan fingerprint density at radius 1 is 0.787 bits per heavy atom. The fourth-order valence-corrected chi connectivity index (χ4v) is 4.68. The molecule has 0 spiro atoms. The Bertz CT molecular complexity index is 1340. The Morgan fingerprint density at radius 3 is 1.83 bits per heavy atom. The third-order valence-corrected chi connectivity index (χ3v) is 6.98. The maximum atomic E-state index is 5.75. The van der Waals surface area contributed by atoms with Gasteiger partial charge in [0.05, 0.1) is 39.3 Å². The normalized spacial score (nSPS) is 13.4. The number of nitrogens with two attached hydrogens (primary N) is 6. The van der Waals surface area contributed by atoms with Crippen LogP contribution in [0.15, 0.2) is 39.6 Å². The molecule has 1 atom stereocenters. The molecule has 2 heterocycles. The average Bonchev–Trinajstić information content (AvgIpc) is 3.81. The second kappa shape index (κ2) is 20.0. The second-order valence-corrected chi connectivity index (χ2v) is 10.1. The molecule has 0 radical (unpaired) electrons. The molecule has 0 aliphatic heterocycles. The number of nitrogens with zero attached hydrogens (tertiary/aromatic N) is 12. The first kappa shape index (κ1) is 36.2.